The molecular formula is C21H23N3O. The number of H-pyrrole nitrogens is 1. The Morgan fingerprint density at radius 2 is 1.72 bits per heavy atom. The van der Waals surface area contributed by atoms with Crippen LogP contribution in [-0.4, -0.2) is 53.4 Å². The molecule has 0 unspecified atom stereocenters. The molecule has 25 heavy (non-hydrogen) atoms. The number of hydrogen-bond acceptors (Lipinski definition) is 2. The summed E-state index contributed by atoms with van der Waals surface area (Å²) in [5.41, 5.74) is 3.20. The molecule has 1 aliphatic rings. The van der Waals surface area contributed by atoms with Gasteiger partial charge in [0.2, 0.25) is 0 Å². The third kappa shape index (κ3) is 3.44. The summed E-state index contributed by atoms with van der Waals surface area (Å²) in [5.74, 6) is 0.146. The summed E-state index contributed by atoms with van der Waals surface area (Å²) in [6.07, 6.45) is 2.96. The van der Waals surface area contributed by atoms with Crippen LogP contribution in [0.3, 0.4) is 0 Å². The molecule has 4 nitrogen and oxygen atoms in total. The van der Waals surface area contributed by atoms with Gasteiger partial charge in [0, 0.05) is 55.4 Å². The minimum atomic E-state index is 0.146. The van der Waals surface area contributed by atoms with E-state index in [-0.39, 0.29) is 5.91 Å². The molecule has 0 atom stereocenters. The van der Waals surface area contributed by atoms with E-state index in [0.29, 0.717) is 0 Å². The molecule has 0 spiro atoms. The number of nitrogens with one attached hydrogen (secondary N) is 1. The summed E-state index contributed by atoms with van der Waals surface area (Å²) < 4.78 is 0. The lowest BCUT2D eigenvalue weighted by Crippen LogP contribution is -2.49. The van der Waals surface area contributed by atoms with Crippen molar-refractivity contribution < 1.29 is 4.79 Å². The first-order valence-corrected chi connectivity index (χ1v) is 8.93. The molecule has 2 heterocycles. The maximum absolute atomic E-state index is 12.9. The number of hydrogen-bond donors (Lipinski definition) is 1. The number of aromatic nitrogens is 1. The van der Waals surface area contributed by atoms with Crippen LogP contribution in [-0.2, 0) is 6.42 Å². The minimum absolute atomic E-state index is 0.146. The largest absolute Gasteiger partial charge is 0.361 e. The fourth-order valence-electron chi connectivity index (χ4n) is 3.55. The number of aromatic amines is 1. The van der Waals surface area contributed by atoms with Gasteiger partial charge in [0.15, 0.2) is 0 Å². The van der Waals surface area contributed by atoms with Crippen LogP contribution in [0.4, 0.5) is 0 Å². The summed E-state index contributed by atoms with van der Waals surface area (Å²) in [6.45, 7) is 4.55. The molecule has 0 bridgehead atoms. The second-order valence-electron chi connectivity index (χ2n) is 6.61. The van der Waals surface area contributed by atoms with E-state index >= 15 is 0 Å². The number of carbonyl (C=O) groups excluding carboxylic acids is 1. The van der Waals surface area contributed by atoms with Crippen molar-refractivity contribution in [1.82, 2.24) is 14.8 Å². The SMILES string of the molecule is O=C(c1cccc2[nH]ccc12)N1CCN(CCc2ccccc2)CC1. The molecule has 1 fully saturated rings. The minimum Gasteiger partial charge on any atom is -0.361 e. The van der Waals surface area contributed by atoms with Gasteiger partial charge in [-0.3, -0.25) is 9.69 Å². The van der Waals surface area contributed by atoms with Crippen molar-refractivity contribution in [2.45, 2.75) is 6.42 Å². The normalized spacial score (nSPS) is 15.6. The highest BCUT2D eigenvalue weighted by atomic mass is 16.2. The van der Waals surface area contributed by atoms with Crippen LogP contribution >= 0.6 is 0 Å². The molecule has 0 saturated carbocycles. The quantitative estimate of drug-likeness (QED) is 0.796. The van der Waals surface area contributed by atoms with Crippen molar-refractivity contribution in [3.8, 4) is 0 Å². The van der Waals surface area contributed by atoms with Crippen molar-refractivity contribution in [2.75, 3.05) is 32.7 Å². The second-order valence-corrected chi connectivity index (χ2v) is 6.61. The van der Waals surface area contributed by atoms with Gasteiger partial charge in [-0.25, -0.2) is 0 Å². The van der Waals surface area contributed by atoms with Crippen molar-refractivity contribution in [2.24, 2.45) is 0 Å². The van der Waals surface area contributed by atoms with E-state index in [1.807, 2.05) is 35.4 Å². The van der Waals surface area contributed by atoms with Crippen LogP contribution in [0.1, 0.15) is 15.9 Å². The number of nitrogens with zero attached hydrogens (tertiary/aromatic N) is 2. The first-order valence-electron chi connectivity index (χ1n) is 8.93. The van der Waals surface area contributed by atoms with Crippen LogP contribution in [0.15, 0.2) is 60.8 Å². The molecule has 0 radical (unpaired) electrons. The smallest absolute Gasteiger partial charge is 0.254 e. The lowest BCUT2D eigenvalue weighted by Gasteiger charge is -2.35. The second kappa shape index (κ2) is 7.11. The molecule has 128 valence electrons. The Kier molecular flexibility index (Phi) is 4.53. The van der Waals surface area contributed by atoms with Gasteiger partial charge in [-0.1, -0.05) is 36.4 Å². The molecule has 4 heteroatoms. The average Bonchev–Trinajstić information content (AvgIpc) is 3.16. The molecule has 0 aliphatic carbocycles. The number of amides is 1. The van der Waals surface area contributed by atoms with E-state index in [1.54, 1.807) is 0 Å². The van der Waals surface area contributed by atoms with Gasteiger partial charge >= 0.3 is 0 Å². The van der Waals surface area contributed by atoms with Crippen molar-refractivity contribution in [1.29, 1.82) is 0 Å². The number of fused-ring (bicyclic) bond motifs is 1. The van der Waals surface area contributed by atoms with Gasteiger partial charge in [-0.05, 0) is 30.2 Å². The summed E-state index contributed by atoms with van der Waals surface area (Å²) in [7, 11) is 0. The first-order chi connectivity index (χ1) is 12.3. The zero-order chi connectivity index (χ0) is 17.1. The van der Waals surface area contributed by atoms with Gasteiger partial charge in [-0.2, -0.15) is 0 Å². The summed E-state index contributed by atoms with van der Waals surface area (Å²) in [5, 5.41) is 1.01. The van der Waals surface area contributed by atoms with E-state index in [9.17, 15) is 4.79 Å². The van der Waals surface area contributed by atoms with Gasteiger partial charge in [0.1, 0.15) is 0 Å². The highest BCUT2D eigenvalue weighted by molar-refractivity contribution is 6.06. The molecule has 1 saturated heterocycles. The highest BCUT2D eigenvalue weighted by Crippen LogP contribution is 2.20. The van der Waals surface area contributed by atoms with Crippen molar-refractivity contribution in [3.63, 3.8) is 0 Å². The van der Waals surface area contributed by atoms with Gasteiger partial charge in [0.05, 0.1) is 0 Å². The number of piperazine rings is 1. The summed E-state index contributed by atoms with van der Waals surface area (Å²) in [6, 6.07) is 18.5. The monoisotopic (exact) mass is 333 g/mol. The lowest BCUT2D eigenvalue weighted by molar-refractivity contribution is 0.0640. The predicted octanol–water partition coefficient (Wildman–Crippen LogP) is 3.17. The highest BCUT2D eigenvalue weighted by Gasteiger charge is 2.23. The van der Waals surface area contributed by atoms with Gasteiger partial charge in [0.25, 0.3) is 5.91 Å². The Hall–Kier alpha value is -2.59. The molecular weight excluding hydrogens is 310 g/mol. The zero-order valence-corrected chi connectivity index (χ0v) is 14.3. The third-order valence-corrected chi connectivity index (χ3v) is 5.04. The Morgan fingerprint density at radius 3 is 2.52 bits per heavy atom. The Bertz CT molecular complexity index is 848. The molecule has 3 aromatic rings. The van der Waals surface area contributed by atoms with E-state index < -0.39 is 0 Å². The van der Waals surface area contributed by atoms with E-state index in [1.165, 1.54) is 5.56 Å². The van der Waals surface area contributed by atoms with Crippen molar-refractivity contribution >= 4 is 16.8 Å². The molecule has 1 aliphatic heterocycles. The molecule has 2 aromatic carbocycles. The summed E-state index contributed by atoms with van der Waals surface area (Å²) in [4.78, 5) is 20.5. The van der Waals surface area contributed by atoms with Crippen LogP contribution in [0, 0.1) is 0 Å². The lowest BCUT2D eigenvalue weighted by atomic mass is 10.1. The van der Waals surface area contributed by atoms with Crippen LogP contribution < -0.4 is 0 Å². The Balaban J connectivity index is 1.35. The van der Waals surface area contributed by atoms with Crippen molar-refractivity contribution in [3.05, 3.63) is 71.9 Å². The third-order valence-electron chi connectivity index (χ3n) is 5.04. The van der Waals surface area contributed by atoms with E-state index in [2.05, 4.69) is 40.2 Å². The van der Waals surface area contributed by atoms with Gasteiger partial charge < -0.3 is 9.88 Å². The van der Waals surface area contributed by atoms with Crippen LogP contribution in [0.2, 0.25) is 0 Å². The number of rotatable bonds is 4. The fraction of sp³-hybridized carbons (Fsp3) is 0.286. The van der Waals surface area contributed by atoms with Crippen LogP contribution in [0.25, 0.3) is 10.9 Å². The van der Waals surface area contributed by atoms with E-state index in [0.717, 1.165) is 55.6 Å². The zero-order valence-electron chi connectivity index (χ0n) is 14.3. The topological polar surface area (TPSA) is 39.3 Å². The number of carbonyl (C=O) groups is 1. The van der Waals surface area contributed by atoms with E-state index in [4.69, 9.17) is 0 Å². The Labute approximate surface area is 148 Å². The standard InChI is InChI=1S/C21H23N3O/c25-21(19-7-4-8-20-18(19)9-11-22-20)24-15-13-23(14-16-24)12-10-17-5-2-1-3-6-17/h1-9,11,22H,10,12-16H2. The van der Waals surface area contributed by atoms with Gasteiger partial charge in [-0.15, -0.1) is 0 Å². The first kappa shape index (κ1) is 15.9. The maximum Gasteiger partial charge on any atom is 0.254 e. The average molecular weight is 333 g/mol. The Morgan fingerprint density at radius 1 is 0.920 bits per heavy atom. The molecule has 4 rings (SSSR count). The van der Waals surface area contributed by atoms with Crippen LogP contribution in [0.5, 0.6) is 0 Å². The fourth-order valence-corrected chi connectivity index (χ4v) is 3.55. The predicted molar refractivity (Wildman–Crippen MR) is 101 cm³/mol. The molecule has 1 amide bonds. The molecule has 1 aromatic heterocycles. The number of benzene rings is 2. The molecule has 1 N–H and O–H groups in total. The summed E-state index contributed by atoms with van der Waals surface area (Å²) >= 11 is 0. The maximum atomic E-state index is 12.9.